The lowest BCUT2D eigenvalue weighted by molar-refractivity contribution is -0.142. The van der Waals surface area contributed by atoms with Gasteiger partial charge in [-0.15, -0.1) is 0 Å². The van der Waals surface area contributed by atoms with Crippen molar-refractivity contribution in [1.29, 1.82) is 0 Å². The minimum absolute atomic E-state index is 0.168. The summed E-state index contributed by atoms with van der Waals surface area (Å²) < 4.78 is 1.27. The van der Waals surface area contributed by atoms with Gasteiger partial charge >= 0.3 is 5.97 Å². The van der Waals surface area contributed by atoms with Gasteiger partial charge in [-0.1, -0.05) is 55.8 Å². The molecule has 0 aliphatic heterocycles. The van der Waals surface area contributed by atoms with E-state index in [2.05, 4.69) is 6.07 Å². The number of aliphatic carboxylic acids is 1. The van der Waals surface area contributed by atoms with Crippen LogP contribution in [-0.4, -0.2) is 15.6 Å². The number of hydrogen-bond donors (Lipinski definition) is 1. The summed E-state index contributed by atoms with van der Waals surface area (Å²) in [6.45, 7) is 5.60. The van der Waals surface area contributed by atoms with Crippen LogP contribution in [0.5, 0.6) is 0 Å². The molecule has 120 valence electrons. The summed E-state index contributed by atoms with van der Waals surface area (Å²) in [5.74, 6) is -1.16. The van der Waals surface area contributed by atoms with E-state index in [1.54, 1.807) is 26.1 Å². The number of nitrogens with zero attached hydrogens (tertiary/aromatic N) is 1. The summed E-state index contributed by atoms with van der Waals surface area (Å²) in [7, 11) is 0. The molecular formula is C19H21NO3. The van der Waals surface area contributed by atoms with Crippen LogP contribution in [0.3, 0.4) is 0 Å². The van der Waals surface area contributed by atoms with E-state index in [0.717, 1.165) is 11.1 Å². The second-order valence-electron chi connectivity index (χ2n) is 5.98. The number of benzene rings is 1. The third-order valence-corrected chi connectivity index (χ3v) is 3.67. The Labute approximate surface area is 135 Å². The lowest BCUT2D eigenvalue weighted by Crippen LogP contribution is -2.32. The topological polar surface area (TPSA) is 59.3 Å². The number of rotatable bonds is 5. The first-order valence-corrected chi connectivity index (χ1v) is 7.58. The Balaban J connectivity index is 2.29. The van der Waals surface area contributed by atoms with Crippen LogP contribution in [0.4, 0.5) is 0 Å². The molecule has 0 saturated carbocycles. The SMILES string of the molecule is Cc1cccc(/C=C/c2ccn(C(C(=O)O)C(C)C)c(=O)c2)c1. The molecule has 0 spiro atoms. The molecule has 1 atom stereocenters. The van der Waals surface area contributed by atoms with Crippen LogP contribution in [0, 0.1) is 12.8 Å². The molecule has 4 heteroatoms. The van der Waals surface area contributed by atoms with Gasteiger partial charge in [-0.25, -0.2) is 4.79 Å². The molecule has 1 aromatic heterocycles. The van der Waals surface area contributed by atoms with Crippen LogP contribution in [0.2, 0.25) is 0 Å². The van der Waals surface area contributed by atoms with Gasteiger partial charge in [0.05, 0.1) is 0 Å². The van der Waals surface area contributed by atoms with Crippen molar-refractivity contribution in [3.8, 4) is 0 Å². The minimum Gasteiger partial charge on any atom is -0.480 e. The summed E-state index contributed by atoms with van der Waals surface area (Å²) >= 11 is 0. The molecule has 0 saturated heterocycles. The highest BCUT2D eigenvalue weighted by atomic mass is 16.4. The van der Waals surface area contributed by atoms with Gasteiger partial charge in [0.15, 0.2) is 0 Å². The van der Waals surface area contributed by atoms with E-state index >= 15 is 0 Å². The van der Waals surface area contributed by atoms with Crippen molar-refractivity contribution >= 4 is 18.1 Å². The summed E-state index contributed by atoms with van der Waals surface area (Å²) in [5, 5.41) is 9.30. The first kappa shape index (κ1) is 16.7. The average molecular weight is 311 g/mol. The fraction of sp³-hybridized carbons (Fsp3) is 0.263. The molecule has 0 aliphatic rings. The molecule has 2 rings (SSSR count). The van der Waals surface area contributed by atoms with Crippen LogP contribution in [0.1, 0.15) is 36.6 Å². The van der Waals surface area contributed by atoms with E-state index in [0.29, 0.717) is 0 Å². The van der Waals surface area contributed by atoms with E-state index in [-0.39, 0.29) is 11.5 Å². The zero-order chi connectivity index (χ0) is 17.0. The maximum Gasteiger partial charge on any atom is 0.327 e. The summed E-state index contributed by atoms with van der Waals surface area (Å²) in [4.78, 5) is 23.6. The van der Waals surface area contributed by atoms with Crippen LogP contribution >= 0.6 is 0 Å². The molecule has 0 radical (unpaired) electrons. The quantitative estimate of drug-likeness (QED) is 0.917. The summed E-state index contributed by atoms with van der Waals surface area (Å²) in [5.41, 5.74) is 2.67. The molecule has 1 N–H and O–H groups in total. The number of aromatic nitrogens is 1. The second-order valence-corrected chi connectivity index (χ2v) is 5.98. The van der Waals surface area contributed by atoms with Crippen molar-refractivity contribution in [2.75, 3.05) is 0 Å². The maximum absolute atomic E-state index is 12.2. The third-order valence-electron chi connectivity index (χ3n) is 3.67. The van der Waals surface area contributed by atoms with Crippen LogP contribution < -0.4 is 5.56 Å². The molecule has 0 bridgehead atoms. The van der Waals surface area contributed by atoms with E-state index < -0.39 is 12.0 Å². The van der Waals surface area contributed by atoms with E-state index in [1.807, 2.05) is 37.3 Å². The maximum atomic E-state index is 12.2. The van der Waals surface area contributed by atoms with Crippen molar-refractivity contribution in [2.24, 2.45) is 5.92 Å². The highest BCUT2D eigenvalue weighted by Gasteiger charge is 2.23. The monoisotopic (exact) mass is 311 g/mol. The van der Waals surface area contributed by atoms with Gasteiger partial charge in [-0.2, -0.15) is 0 Å². The molecule has 23 heavy (non-hydrogen) atoms. The zero-order valence-electron chi connectivity index (χ0n) is 13.6. The van der Waals surface area contributed by atoms with Crippen molar-refractivity contribution in [2.45, 2.75) is 26.8 Å². The lowest BCUT2D eigenvalue weighted by Gasteiger charge is -2.19. The predicted molar refractivity (Wildman–Crippen MR) is 92.3 cm³/mol. The summed E-state index contributed by atoms with van der Waals surface area (Å²) in [6, 6.07) is 10.4. The molecule has 4 nitrogen and oxygen atoms in total. The fourth-order valence-corrected chi connectivity index (χ4v) is 2.53. The Bertz CT molecular complexity index is 787. The fourth-order valence-electron chi connectivity index (χ4n) is 2.53. The Morgan fingerprint density at radius 2 is 1.78 bits per heavy atom. The van der Waals surface area contributed by atoms with E-state index in [4.69, 9.17) is 0 Å². The molecule has 0 fully saturated rings. The molecule has 1 aromatic carbocycles. The largest absolute Gasteiger partial charge is 0.480 e. The Kier molecular flexibility index (Phi) is 5.16. The van der Waals surface area contributed by atoms with Gasteiger partial charge in [-0.3, -0.25) is 4.79 Å². The Morgan fingerprint density at radius 3 is 2.30 bits per heavy atom. The lowest BCUT2D eigenvalue weighted by atomic mass is 10.0. The van der Waals surface area contributed by atoms with Gasteiger partial charge < -0.3 is 9.67 Å². The Hall–Kier alpha value is -2.62. The van der Waals surface area contributed by atoms with Crippen molar-refractivity contribution in [1.82, 2.24) is 4.57 Å². The van der Waals surface area contributed by atoms with Crippen molar-refractivity contribution in [3.05, 3.63) is 69.6 Å². The van der Waals surface area contributed by atoms with Crippen molar-refractivity contribution in [3.63, 3.8) is 0 Å². The zero-order valence-corrected chi connectivity index (χ0v) is 13.6. The van der Waals surface area contributed by atoms with E-state index in [1.165, 1.54) is 16.2 Å². The Morgan fingerprint density at radius 1 is 1.13 bits per heavy atom. The van der Waals surface area contributed by atoms with Crippen LogP contribution in [-0.2, 0) is 4.79 Å². The van der Waals surface area contributed by atoms with Crippen LogP contribution in [0.15, 0.2) is 47.4 Å². The van der Waals surface area contributed by atoms with E-state index in [9.17, 15) is 14.7 Å². The smallest absolute Gasteiger partial charge is 0.327 e. The van der Waals surface area contributed by atoms with Gasteiger partial charge in [0.2, 0.25) is 0 Å². The van der Waals surface area contributed by atoms with Crippen molar-refractivity contribution < 1.29 is 9.90 Å². The number of aryl methyl sites for hydroxylation is 1. The number of carboxylic acid groups (broad SMARTS) is 1. The minimum atomic E-state index is -0.995. The number of pyridine rings is 1. The second kappa shape index (κ2) is 7.09. The van der Waals surface area contributed by atoms with Crippen LogP contribution in [0.25, 0.3) is 12.2 Å². The summed E-state index contributed by atoms with van der Waals surface area (Å²) in [6.07, 6.45) is 5.34. The van der Waals surface area contributed by atoms with Gasteiger partial charge in [-0.05, 0) is 30.0 Å². The molecule has 1 heterocycles. The number of hydrogen-bond acceptors (Lipinski definition) is 2. The number of carboxylic acids is 1. The van der Waals surface area contributed by atoms with Gasteiger partial charge in [0.1, 0.15) is 6.04 Å². The molecule has 2 aromatic rings. The standard InChI is InChI=1S/C19H21NO3/c1-13(2)18(19(22)23)20-10-9-16(12-17(20)21)8-7-15-6-4-5-14(3)11-15/h4-13,18H,1-3H3,(H,22,23)/b8-7+. The van der Waals surface area contributed by atoms with Gasteiger partial charge in [0, 0.05) is 12.3 Å². The molecule has 1 unspecified atom stereocenters. The molecular weight excluding hydrogens is 290 g/mol. The highest BCUT2D eigenvalue weighted by Crippen LogP contribution is 2.16. The molecule has 0 aliphatic carbocycles. The third kappa shape index (κ3) is 4.19. The first-order valence-electron chi connectivity index (χ1n) is 7.58. The highest BCUT2D eigenvalue weighted by molar-refractivity contribution is 5.72. The first-order chi connectivity index (χ1) is 10.9. The normalized spacial score (nSPS) is 12.7. The average Bonchev–Trinajstić information content (AvgIpc) is 2.47. The molecule has 0 amide bonds. The van der Waals surface area contributed by atoms with Gasteiger partial charge in [0.25, 0.3) is 5.56 Å². The predicted octanol–water partition coefficient (Wildman–Crippen LogP) is 3.61. The number of carbonyl (C=O) groups is 1.